The minimum absolute atomic E-state index is 0.0985. The standard InChI is InChI=1S/C18H25FN2O3/c1-2-23-12-15-6-7-16-17(24-15)8-9-21(16)18(22)20-11-13-4-3-5-14(19)10-13/h3-5,10,15-17H,2,6-9,11-12H2,1H3,(H,20,22)/t15-,16?,17?/m0/s1. The lowest BCUT2D eigenvalue weighted by Gasteiger charge is -2.35. The minimum atomic E-state index is -0.288. The van der Waals surface area contributed by atoms with Gasteiger partial charge < -0.3 is 19.7 Å². The SMILES string of the molecule is CCOC[C@@H]1CCC2C(CCN2C(=O)NCc2cccc(F)c2)O1. The number of urea groups is 1. The summed E-state index contributed by atoms with van der Waals surface area (Å²) in [6, 6.07) is 6.33. The van der Waals surface area contributed by atoms with Crippen LogP contribution in [0.15, 0.2) is 24.3 Å². The molecule has 1 aromatic carbocycles. The van der Waals surface area contributed by atoms with Crippen molar-refractivity contribution in [2.45, 2.75) is 51.0 Å². The summed E-state index contributed by atoms with van der Waals surface area (Å²) >= 11 is 0. The number of amides is 2. The Kier molecular flexibility index (Phi) is 5.68. The average molecular weight is 336 g/mol. The van der Waals surface area contributed by atoms with Crippen LogP contribution >= 0.6 is 0 Å². The van der Waals surface area contributed by atoms with Gasteiger partial charge in [0.05, 0.1) is 24.9 Å². The number of likely N-dealkylation sites (tertiary alicyclic amines) is 1. The number of halogens is 1. The highest BCUT2D eigenvalue weighted by Gasteiger charge is 2.41. The van der Waals surface area contributed by atoms with E-state index in [1.807, 2.05) is 11.8 Å². The smallest absolute Gasteiger partial charge is 0.318 e. The van der Waals surface area contributed by atoms with Gasteiger partial charge in [-0.3, -0.25) is 0 Å². The number of carbonyl (C=O) groups is 1. The summed E-state index contributed by atoms with van der Waals surface area (Å²) in [7, 11) is 0. The number of fused-ring (bicyclic) bond motifs is 1. The van der Waals surface area contributed by atoms with E-state index in [0.29, 0.717) is 26.3 Å². The van der Waals surface area contributed by atoms with E-state index >= 15 is 0 Å². The van der Waals surface area contributed by atoms with Crippen molar-refractivity contribution < 1.29 is 18.7 Å². The van der Waals surface area contributed by atoms with Gasteiger partial charge in [-0.25, -0.2) is 9.18 Å². The summed E-state index contributed by atoms with van der Waals surface area (Å²) < 4.78 is 24.7. The Morgan fingerprint density at radius 3 is 3.08 bits per heavy atom. The van der Waals surface area contributed by atoms with Crippen molar-refractivity contribution in [2.75, 3.05) is 19.8 Å². The molecular weight excluding hydrogens is 311 g/mol. The zero-order chi connectivity index (χ0) is 16.9. The predicted molar refractivity (Wildman–Crippen MR) is 88.1 cm³/mol. The fourth-order valence-corrected chi connectivity index (χ4v) is 3.55. The van der Waals surface area contributed by atoms with Crippen molar-refractivity contribution in [2.24, 2.45) is 0 Å². The van der Waals surface area contributed by atoms with Gasteiger partial charge >= 0.3 is 6.03 Å². The van der Waals surface area contributed by atoms with E-state index in [4.69, 9.17) is 9.47 Å². The predicted octanol–water partition coefficient (Wildman–Crippen LogP) is 2.69. The Hall–Kier alpha value is -1.66. The van der Waals surface area contributed by atoms with E-state index in [-0.39, 0.29) is 30.1 Å². The van der Waals surface area contributed by atoms with Crippen LogP contribution < -0.4 is 5.32 Å². The largest absolute Gasteiger partial charge is 0.379 e. The molecule has 2 amide bonds. The summed E-state index contributed by atoms with van der Waals surface area (Å²) in [5, 5.41) is 2.89. The molecule has 3 rings (SSSR count). The van der Waals surface area contributed by atoms with E-state index in [0.717, 1.165) is 24.8 Å². The second-order valence-corrected chi connectivity index (χ2v) is 6.37. The highest BCUT2D eigenvalue weighted by molar-refractivity contribution is 5.75. The Bertz CT molecular complexity index is 569. The van der Waals surface area contributed by atoms with Gasteiger partial charge in [0, 0.05) is 19.7 Å². The van der Waals surface area contributed by atoms with Crippen LogP contribution in [0, 0.1) is 5.82 Å². The number of hydrogen-bond donors (Lipinski definition) is 1. The highest BCUT2D eigenvalue weighted by Crippen LogP contribution is 2.31. The topological polar surface area (TPSA) is 50.8 Å². The molecular formula is C18H25FN2O3. The lowest BCUT2D eigenvalue weighted by molar-refractivity contribution is -0.0945. The summed E-state index contributed by atoms with van der Waals surface area (Å²) in [5.74, 6) is -0.288. The third kappa shape index (κ3) is 4.05. The maximum Gasteiger partial charge on any atom is 0.318 e. The molecule has 6 heteroatoms. The van der Waals surface area contributed by atoms with Crippen LogP contribution in [-0.4, -0.2) is 48.9 Å². The molecule has 5 nitrogen and oxygen atoms in total. The van der Waals surface area contributed by atoms with Crippen molar-refractivity contribution >= 4 is 6.03 Å². The molecule has 2 aliphatic rings. The number of nitrogens with zero attached hydrogens (tertiary/aromatic N) is 1. The number of carbonyl (C=O) groups excluding carboxylic acids is 1. The fraction of sp³-hybridized carbons (Fsp3) is 0.611. The molecule has 0 saturated carbocycles. The van der Waals surface area contributed by atoms with Crippen LogP contribution in [0.4, 0.5) is 9.18 Å². The maximum absolute atomic E-state index is 13.2. The quantitative estimate of drug-likeness (QED) is 0.899. The van der Waals surface area contributed by atoms with Crippen molar-refractivity contribution in [1.29, 1.82) is 0 Å². The Morgan fingerprint density at radius 2 is 2.29 bits per heavy atom. The molecule has 0 aromatic heterocycles. The Morgan fingerprint density at radius 1 is 1.42 bits per heavy atom. The second-order valence-electron chi connectivity index (χ2n) is 6.37. The lowest BCUT2D eigenvalue weighted by Crippen LogP contribution is -2.48. The molecule has 2 aliphatic heterocycles. The van der Waals surface area contributed by atoms with Crippen LogP contribution in [0.5, 0.6) is 0 Å². The molecule has 132 valence electrons. The average Bonchev–Trinajstić information content (AvgIpc) is 3.01. The molecule has 24 heavy (non-hydrogen) atoms. The maximum atomic E-state index is 13.2. The van der Waals surface area contributed by atoms with Gasteiger partial charge in [0.15, 0.2) is 0 Å². The molecule has 0 spiro atoms. The van der Waals surface area contributed by atoms with Crippen LogP contribution in [-0.2, 0) is 16.0 Å². The van der Waals surface area contributed by atoms with Gasteiger partial charge in [0.2, 0.25) is 0 Å². The van der Waals surface area contributed by atoms with E-state index < -0.39 is 0 Å². The minimum Gasteiger partial charge on any atom is -0.379 e. The summed E-state index contributed by atoms with van der Waals surface area (Å²) in [5.41, 5.74) is 0.760. The van der Waals surface area contributed by atoms with Gasteiger partial charge in [0.25, 0.3) is 0 Å². The number of ether oxygens (including phenoxy) is 2. The Labute approximate surface area is 142 Å². The van der Waals surface area contributed by atoms with Crippen LogP contribution in [0.1, 0.15) is 31.7 Å². The van der Waals surface area contributed by atoms with Crippen LogP contribution in [0.2, 0.25) is 0 Å². The molecule has 2 fully saturated rings. The Balaban J connectivity index is 1.50. The molecule has 1 aromatic rings. The first kappa shape index (κ1) is 17.2. The number of hydrogen-bond acceptors (Lipinski definition) is 3. The molecule has 2 saturated heterocycles. The zero-order valence-electron chi connectivity index (χ0n) is 14.0. The van der Waals surface area contributed by atoms with Crippen molar-refractivity contribution in [3.8, 4) is 0 Å². The first-order valence-electron chi connectivity index (χ1n) is 8.69. The van der Waals surface area contributed by atoms with E-state index in [1.165, 1.54) is 12.1 Å². The fourth-order valence-electron chi connectivity index (χ4n) is 3.55. The summed E-state index contributed by atoms with van der Waals surface area (Å²) in [4.78, 5) is 14.3. The third-order valence-electron chi connectivity index (χ3n) is 4.74. The summed E-state index contributed by atoms with van der Waals surface area (Å²) in [6.45, 7) is 4.34. The van der Waals surface area contributed by atoms with E-state index in [1.54, 1.807) is 12.1 Å². The van der Waals surface area contributed by atoms with Crippen LogP contribution in [0.3, 0.4) is 0 Å². The lowest BCUT2D eigenvalue weighted by atomic mass is 9.99. The van der Waals surface area contributed by atoms with E-state index in [9.17, 15) is 9.18 Å². The molecule has 2 unspecified atom stereocenters. The van der Waals surface area contributed by atoms with Gasteiger partial charge in [-0.1, -0.05) is 12.1 Å². The molecule has 1 N–H and O–H groups in total. The molecule has 2 heterocycles. The van der Waals surface area contributed by atoms with Crippen LogP contribution in [0.25, 0.3) is 0 Å². The van der Waals surface area contributed by atoms with Crippen molar-refractivity contribution in [1.82, 2.24) is 10.2 Å². The normalized spacial score (nSPS) is 26.2. The molecule has 3 atom stereocenters. The second kappa shape index (κ2) is 7.94. The molecule has 0 aliphatic carbocycles. The highest BCUT2D eigenvalue weighted by atomic mass is 19.1. The molecule has 0 bridgehead atoms. The van der Waals surface area contributed by atoms with Gasteiger partial charge in [-0.15, -0.1) is 0 Å². The third-order valence-corrected chi connectivity index (χ3v) is 4.74. The van der Waals surface area contributed by atoms with E-state index in [2.05, 4.69) is 5.32 Å². The number of benzene rings is 1. The number of nitrogens with one attached hydrogen (secondary N) is 1. The first-order valence-corrected chi connectivity index (χ1v) is 8.69. The molecule has 0 radical (unpaired) electrons. The van der Waals surface area contributed by atoms with Gasteiger partial charge in [0.1, 0.15) is 5.82 Å². The summed E-state index contributed by atoms with van der Waals surface area (Å²) in [6.07, 6.45) is 2.95. The van der Waals surface area contributed by atoms with Gasteiger partial charge in [-0.2, -0.15) is 0 Å². The van der Waals surface area contributed by atoms with Crippen molar-refractivity contribution in [3.63, 3.8) is 0 Å². The zero-order valence-corrected chi connectivity index (χ0v) is 14.0. The monoisotopic (exact) mass is 336 g/mol. The number of rotatable bonds is 5. The van der Waals surface area contributed by atoms with Gasteiger partial charge in [-0.05, 0) is 43.9 Å². The first-order chi connectivity index (χ1) is 11.7. The van der Waals surface area contributed by atoms with Crippen molar-refractivity contribution in [3.05, 3.63) is 35.6 Å².